The average Bonchev–Trinajstić information content (AvgIpc) is 2.67. The SMILES string of the molecule is COc1ccc(CC(=O)Oc2ccc(C(O)CNCC(=O)OC(C)(C)C)cc2)cc1. The summed E-state index contributed by atoms with van der Waals surface area (Å²) < 4.78 is 15.6. The van der Waals surface area contributed by atoms with Gasteiger partial charge >= 0.3 is 11.9 Å². The molecule has 2 rings (SSSR count). The van der Waals surface area contributed by atoms with E-state index in [9.17, 15) is 14.7 Å². The van der Waals surface area contributed by atoms with Crippen molar-refractivity contribution in [2.75, 3.05) is 20.2 Å². The van der Waals surface area contributed by atoms with Crippen molar-refractivity contribution < 1.29 is 28.9 Å². The van der Waals surface area contributed by atoms with E-state index in [-0.39, 0.29) is 31.4 Å². The lowest BCUT2D eigenvalue weighted by molar-refractivity contribution is -0.153. The molecule has 0 aliphatic rings. The van der Waals surface area contributed by atoms with E-state index >= 15 is 0 Å². The summed E-state index contributed by atoms with van der Waals surface area (Å²) in [6.07, 6.45) is -0.667. The number of aliphatic hydroxyl groups is 1. The Morgan fingerprint density at radius 3 is 2.13 bits per heavy atom. The Labute approximate surface area is 177 Å². The van der Waals surface area contributed by atoms with Crippen molar-refractivity contribution in [2.24, 2.45) is 0 Å². The molecule has 2 N–H and O–H groups in total. The first-order chi connectivity index (χ1) is 14.2. The second-order valence-electron chi connectivity index (χ2n) is 7.80. The number of hydrogen-bond donors (Lipinski definition) is 2. The normalized spacial score (nSPS) is 12.2. The van der Waals surface area contributed by atoms with Crippen molar-refractivity contribution in [1.82, 2.24) is 5.32 Å². The van der Waals surface area contributed by atoms with Crippen LogP contribution in [0.15, 0.2) is 48.5 Å². The summed E-state index contributed by atoms with van der Waals surface area (Å²) in [5.41, 5.74) is 0.920. The number of carbonyl (C=O) groups is 2. The zero-order chi connectivity index (χ0) is 22.1. The van der Waals surface area contributed by atoms with Gasteiger partial charge in [0.2, 0.25) is 0 Å². The fourth-order valence-electron chi connectivity index (χ4n) is 2.64. The van der Waals surface area contributed by atoms with Crippen LogP contribution in [0.1, 0.15) is 38.0 Å². The standard InChI is InChI=1S/C23H29NO6/c1-23(2,3)30-22(27)15-24-14-20(25)17-7-11-19(12-8-17)29-21(26)13-16-5-9-18(28-4)10-6-16/h5-12,20,24-25H,13-15H2,1-4H3. The smallest absolute Gasteiger partial charge is 0.320 e. The van der Waals surface area contributed by atoms with E-state index in [4.69, 9.17) is 14.2 Å². The third-order valence-corrected chi connectivity index (χ3v) is 4.03. The molecule has 0 aliphatic carbocycles. The molecule has 0 aromatic heterocycles. The number of methoxy groups -OCH3 is 1. The zero-order valence-electron chi connectivity index (χ0n) is 17.8. The van der Waals surface area contributed by atoms with Crippen LogP contribution < -0.4 is 14.8 Å². The summed E-state index contributed by atoms with van der Waals surface area (Å²) in [6.45, 7) is 5.59. The first kappa shape index (κ1) is 23.4. The molecule has 162 valence electrons. The molecule has 0 heterocycles. The van der Waals surface area contributed by atoms with E-state index in [0.717, 1.165) is 11.3 Å². The molecular weight excluding hydrogens is 386 g/mol. The monoisotopic (exact) mass is 415 g/mol. The number of nitrogens with one attached hydrogen (secondary N) is 1. The number of hydrogen-bond acceptors (Lipinski definition) is 7. The molecule has 2 aromatic carbocycles. The maximum atomic E-state index is 12.1. The van der Waals surface area contributed by atoms with Gasteiger partial charge in [-0.1, -0.05) is 24.3 Å². The minimum Gasteiger partial charge on any atom is -0.497 e. The zero-order valence-corrected chi connectivity index (χ0v) is 17.8. The molecule has 1 unspecified atom stereocenters. The second kappa shape index (κ2) is 10.8. The first-order valence-corrected chi connectivity index (χ1v) is 9.70. The molecule has 0 amide bonds. The van der Waals surface area contributed by atoms with Crippen LogP contribution in [-0.4, -0.2) is 42.8 Å². The van der Waals surface area contributed by atoms with Gasteiger partial charge in [-0.25, -0.2) is 0 Å². The number of esters is 2. The maximum absolute atomic E-state index is 12.1. The van der Waals surface area contributed by atoms with Gasteiger partial charge in [-0.05, 0) is 56.2 Å². The van der Waals surface area contributed by atoms with Gasteiger partial charge in [-0.15, -0.1) is 0 Å². The molecule has 0 bridgehead atoms. The van der Waals surface area contributed by atoms with Gasteiger partial charge in [-0.2, -0.15) is 0 Å². The van der Waals surface area contributed by atoms with Gasteiger partial charge in [0.15, 0.2) is 0 Å². The van der Waals surface area contributed by atoms with Crippen LogP contribution in [0.25, 0.3) is 0 Å². The predicted octanol–water partition coefficient (Wildman–Crippen LogP) is 2.81. The summed E-state index contributed by atoms with van der Waals surface area (Å²) in [5.74, 6) is 0.356. The van der Waals surface area contributed by atoms with Crippen molar-refractivity contribution in [1.29, 1.82) is 0 Å². The second-order valence-corrected chi connectivity index (χ2v) is 7.80. The Hall–Kier alpha value is -2.90. The first-order valence-electron chi connectivity index (χ1n) is 9.70. The van der Waals surface area contributed by atoms with Crippen LogP contribution >= 0.6 is 0 Å². The van der Waals surface area contributed by atoms with Crippen molar-refractivity contribution in [3.8, 4) is 11.5 Å². The lowest BCUT2D eigenvalue weighted by Gasteiger charge is -2.20. The molecule has 7 heteroatoms. The van der Waals surface area contributed by atoms with Gasteiger partial charge in [0.05, 0.1) is 26.2 Å². The summed E-state index contributed by atoms with van der Waals surface area (Å²) in [7, 11) is 1.58. The van der Waals surface area contributed by atoms with Crippen molar-refractivity contribution in [3.63, 3.8) is 0 Å². The lowest BCUT2D eigenvalue weighted by Crippen LogP contribution is -2.33. The third-order valence-electron chi connectivity index (χ3n) is 4.03. The van der Waals surface area contributed by atoms with Crippen LogP contribution in [0.4, 0.5) is 0 Å². The summed E-state index contributed by atoms with van der Waals surface area (Å²) in [4.78, 5) is 23.8. The summed E-state index contributed by atoms with van der Waals surface area (Å²) in [5, 5.41) is 13.1. The molecule has 2 aromatic rings. The molecule has 0 spiro atoms. The van der Waals surface area contributed by atoms with E-state index < -0.39 is 11.7 Å². The van der Waals surface area contributed by atoms with Gasteiger partial charge in [-0.3, -0.25) is 9.59 Å². The van der Waals surface area contributed by atoms with Gasteiger partial charge in [0.1, 0.15) is 17.1 Å². The summed E-state index contributed by atoms with van der Waals surface area (Å²) >= 11 is 0. The molecule has 0 saturated carbocycles. The molecule has 0 aliphatic heterocycles. The molecule has 0 fully saturated rings. The lowest BCUT2D eigenvalue weighted by atomic mass is 10.1. The van der Waals surface area contributed by atoms with Crippen LogP contribution in [0, 0.1) is 0 Å². The van der Waals surface area contributed by atoms with E-state index in [0.29, 0.717) is 11.3 Å². The minimum absolute atomic E-state index is 0.00931. The van der Waals surface area contributed by atoms with Gasteiger partial charge < -0.3 is 24.6 Å². The number of benzene rings is 2. The van der Waals surface area contributed by atoms with E-state index in [1.807, 2.05) is 12.1 Å². The van der Waals surface area contributed by atoms with Crippen LogP contribution in [0.2, 0.25) is 0 Å². The number of rotatable bonds is 9. The number of ether oxygens (including phenoxy) is 3. The predicted molar refractivity (Wildman–Crippen MR) is 112 cm³/mol. The number of carbonyl (C=O) groups excluding carboxylic acids is 2. The Morgan fingerprint density at radius 1 is 0.967 bits per heavy atom. The fourth-order valence-corrected chi connectivity index (χ4v) is 2.64. The molecule has 7 nitrogen and oxygen atoms in total. The molecule has 1 atom stereocenters. The quantitative estimate of drug-likeness (QED) is 0.480. The Balaban J connectivity index is 1.79. The van der Waals surface area contributed by atoms with Crippen LogP contribution in [0.3, 0.4) is 0 Å². The van der Waals surface area contributed by atoms with Crippen LogP contribution in [0.5, 0.6) is 11.5 Å². The average molecular weight is 415 g/mol. The third kappa shape index (κ3) is 8.23. The van der Waals surface area contributed by atoms with E-state index in [1.165, 1.54) is 0 Å². The Bertz CT molecular complexity index is 824. The highest BCUT2D eigenvalue weighted by Gasteiger charge is 2.16. The number of aliphatic hydroxyl groups excluding tert-OH is 1. The molecule has 30 heavy (non-hydrogen) atoms. The molecule has 0 radical (unpaired) electrons. The van der Waals surface area contributed by atoms with Crippen LogP contribution in [-0.2, 0) is 20.7 Å². The Kier molecular flexibility index (Phi) is 8.38. The highest BCUT2D eigenvalue weighted by Crippen LogP contribution is 2.18. The fraction of sp³-hybridized carbons (Fsp3) is 0.391. The van der Waals surface area contributed by atoms with Gasteiger partial charge in [0, 0.05) is 6.54 Å². The minimum atomic E-state index is -0.809. The highest BCUT2D eigenvalue weighted by molar-refractivity contribution is 5.75. The molecular formula is C23H29NO6. The topological polar surface area (TPSA) is 94.1 Å². The largest absolute Gasteiger partial charge is 0.497 e. The Morgan fingerprint density at radius 2 is 1.57 bits per heavy atom. The van der Waals surface area contributed by atoms with Gasteiger partial charge in [0.25, 0.3) is 0 Å². The van der Waals surface area contributed by atoms with Crippen molar-refractivity contribution in [2.45, 2.75) is 38.9 Å². The summed E-state index contributed by atoms with van der Waals surface area (Å²) in [6, 6.07) is 13.8. The highest BCUT2D eigenvalue weighted by atomic mass is 16.6. The van der Waals surface area contributed by atoms with Crippen molar-refractivity contribution in [3.05, 3.63) is 59.7 Å². The molecule has 0 saturated heterocycles. The van der Waals surface area contributed by atoms with E-state index in [2.05, 4.69) is 5.32 Å². The van der Waals surface area contributed by atoms with E-state index in [1.54, 1.807) is 64.3 Å². The van der Waals surface area contributed by atoms with Crippen molar-refractivity contribution >= 4 is 11.9 Å². The maximum Gasteiger partial charge on any atom is 0.320 e.